The second kappa shape index (κ2) is 6.97. The molecule has 5 nitrogen and oxygen atoms in total. The van der Waals surface area contributed by atoms with Crippen molar-refractivity contribution < 1.29 is 14.3 Å². The lowest BCUT2D eigenvalue weighted by molar-refractivity contribution is -0.151. The molecule has 0 saturated carbocycles. The molecule has 2 aliphatic rings. The average Bonchev–Trinajstić information content (AvgIpc) is 2.68. The Balaban J connectivity index is 1.51. The molecule has 1 atom stereocenters. The highest BCUT2D eigenvalue weighted by Crippen LogP contribution is 2.41. The third-order valence-corrected chi connectivity index (χ3v) is 5.77. The Morgan fingerprint density at radius 2 is 1.86 bits per heavy atom. The van der Waals surface area contributed by atoms with E-state index in [1.54, 1.807) is 4.90 Å². The number of nitrogens with zero attached hydrogens (tertiary/aromatic N) is 2. The van der Waals surface area contributed by atoms with Crippen LogP contribution in [0.5, 0.6) is 5.75 Å². The van der Waals surface area contributed by atoms with Gasteiger partial charge >= 0.3 is 0 Å². The minimum atomic E-state index is -0.157. The van der Waals surface area contributed by atoms with Gasteiger partial charge in [-0.05, 0) is 30.2 Å². The smallest absolute Gasteiger partial charge is 0.261 e. The standard InChI is InChI=1S/C23H26N2O3/c1-16-8-10-17(11-9-16)28-14-22(27)24-12-20-18-6-4-5-7-19(18)23(2,3)15-25(20)21(26)13-24/h4-11,20H,12-15H2,1-3H3. The van der Waals surface area contributed by atoms with E-state index >= 15 is 0 Å². The molecular weight excluding hydrogens is 352 g/mol. The maximum absolute atomic E-state index is 12.8. The molecule has 0 aromatic heterocycles. The molecule has 28 heavy (non-hydrogen) atoms. The summed E-state index contributed by atoms with van der Waals surface area (Å²) >= 11 is 0. The molecule has 0 aliphatic carbocycles. The first-order valence-electron chi connectivity index (χ1n) is 9.71. The quantitative estimate of drug-likeness (QED) is 0.825. The first-order valence-corrected chi connectivity index (χ1v) is 9.71. The van der Waals surface area contributed by atoms with Crippen molar-refractivity contribution in [1.82, 2.24) is 9.80 Å². The van der Waals surface area contributed by atoms with Crippen LogP contribution in [0.1, 0.15) is 36.6 Å². The summed E-state index contributed by atoms with van der Waals surface area (Å²) in [5, 5.41) is 0. The predicted octanol–water partition coefficient (Wildman–Crippen LogP) is 3.08. The molecule has 1 saturated heterocycles. The molecule has 2 amide bonds. The molecule has 4 rings (SSSR count). The van der Waals surface area contributed by atoms with Crippen LogP contribution in [0.15, 0.2) is 48.5 Å². The summed E-state index contributed by atoms with van der Waals surface area (Å²) in [5.41, 5.74) is 3.45. The fourth-order valence-corrected chi connectivity index (χ4v) is 4.24. The van der Waals surface area contributed by atoms with Gasteiger partial charge in [0.15, 0.2) is 6.61 Å². The highest BCUT2D eigenvalue weighted by molar-refractivity contribution is 5.87. The van der Waals surface area contributed by atoms with E-state index in [1.165, 1.54) is 5.56 Å². The maximum Gasteiger partial charge on any atom is 0.261 e. The summed E-state index contributed by atoms with van der Waals surface area (Å²) in [4.78, 5) is 29.1. The number of carbonyl (C=O) groups excluding carboxylic acids is 2. The first kappa shape index (κ1) is 18.5. The van der Waals surface area contributed by atoms with E-state index in [9.17, 15) is 9.59 Å². The Morgan fingerprint density at radius 3 is 2.61 bits per heavy atom. The number of piperazine rings is 1. The topological polar surface area (TPSA) is 49.9 Å². The summed E-state index contributed by atoms with van der Waals surface area (Å²) < 4.78 is 5.63. The highest BCUT2D eigenvalue weighted by atomic mass is 16.5. The Morgan fingerprint density at radius 1 is 1.14 bits per heavy atom. The molecule has 1 unspecified atom stereocenters. The van der Waals surface area contributed by atoms with Gasteiger partial charge < -0.3 is 14.5 Å². The molecule has 2 heterocycles. The molecule has 146 valence electrons. The summed E-state index contributed by atoms with van der Waals surface area (Å²) in [6, 6.07) is 15.8. The second-order valence-corrected chi connectivity index (χ2v) is 8.38. The number of fused-ring (bicyclic) bond motifs is 3. The lowest BCUT2D eigenvalue weighted by Crippen LogP contribution is -2.59. The fraction of sp³-hybridized carbons (Fsp3) is 0.391. The second-order valence-electron chi connectivity index (χ2n) is 8.38. The largest absolute Gasteiger partial charge is 0.484 e. The van der Waals surface area contributed by atoms with Gasteiger partial charge in [0.25, 0.3) is 5.91 Å². The fourth-order valence-electron chi connectivity index (χ4n) is 4.24. The zero-order valence-corrected chi connectivity index (χ0v) is 16.6. The molecule has 2 aromatic carbocycles. The zero-order valence-electron chi connectivity index (χ0n) is 16.6. The van der Waals surface area contributed by atoms with Crippen LogP contribution in [0.4, 0.5) is 0 Å². The van der Waals surface area contributed by atoms with Crippen molar-refractivity contribution in [2.24, 2.45) is 0 Å². The summed E-state index contributed by atoms with van der Waals surface area (Å²) in [7, 11) is 0. The van der Waals surface area contributed by atoms with E-state index in [0.717, 1.165) is 11.1 Å². The molecule has 0 spiro atoms. The number of benzene rings is 2. The van der Waals surface area contributed by atoms with Crippen LogP contribution >= 0.6 is 0 Å². The normalized spacial score (nSPS) is 20.4. The van der Waals surface area contributed by atoms with Gasteiger partial charge in [-0.15, -0.1) is 0 Å². The van der Waals surface area contributed by atoms with E-state index in [1.807, 2.05) is 48.2 Å². The molecule has 0 N–H and O–H groups in total. The number of hydrogen-bond donors (Lipinski definition) is 0. The predicted molar refractivity (Wildman–Crippen MR) is 107 cm³/mol. The van der Waals surface area contributed by atoms with Crippen LogP contribution in [-0.2, 0) is 15.0 Å². The number of amides is 2. The van der Waals surface area contributed by atoms with Crippen LogP contribution < -0.4 is 4.74 Å². The van der Waals surface area contributed by atoms with Gasteiger partial charge in [0.1, 0.15) is 5.75 Å². The van der Waals surface area contributed by atoms with Gasteiger partial charge in [0.05, 0.1) is 12.6 Å². The molecule has 2 aliphatic heterocycles. The van der Waals surface area contributed by atoms with Crippen molar-refractivity contribution in [2.45, 2.75) is 32.2 Å². The van der Waals surface area contributed by atoms with Crippen molar-refractivity contribution in [2.75, 3.05) is 26.2 Å². The van der Waals surface area contributed by atoms with Gasteiger partial charge in [-0.2, -0.15) is 0 Å². The van der Waals surface area contributed by atoms with Crippen molar-refractivity contribution in [3.05, 3.63) is 65.2 Å². The Labute approximate surface area is 165 Å². The van der Waals surface area contributed by atoms with E-state index in [2.05, 4.69) is 26.0 Å². The molecule has 1 fully saturated rings. The van der Waals surface area contributed by atoms with Crippen LogP contribution in [0.2, 0.25) is 0 Å². The van der Waals surface area contributed by atoms with E-state index in [4.69, 9.17) is 4.74 Å². The van der Waals surface area contributed by atoms with Crippen molar-refractivity contribution in [1.29, 1.82) is 0 Å². The van der Waals surface area contributed by atoms with Crippen LogP contribution in [0, 0.1) is 6.92 Å². The van der Waals surface area contributed by atoms with Gasteiger partial charge in [0, 0.05) is 18.5 Å². The van der Waals surface area contributed by atoms with Crippen molar-refractivity contribution in [3.8, 4) is 5.75 Å². The molecule has 0 radical (unpaired) electrons. The van der Waals surface area contributed by atoms with Crippen LogP contribution in [-0.4, -0.2) is 47.9 Å². The molecule has 0 bridgehead atoms. The van der Waals surface area contributed by atoms with Crippen molar-refractivity contribution >= 4 is 11.8 Å². The zero-order chi connectivity index (χ0) is 19.9. The number of rotatable bonds is 3. The first-order chi connectivity index (χ1) is 13.3. The third-order valence-electron chi connectivity index (χ3n) is 5.77. The van der Waals surface area contributed by atoms with Gasteiger partial charge in [-0.3, -0.25) is 9.59 Å². The minimum Gasteiger partial charge on any atom is -0.484 e. The molecular formula is C23H26N2O3. The number of hydrogen-bond acceptors (Lipinski definition) is 3. The number of ether oxygens (including phenoxy) is 1. The molecule has 5 heteroatoms. The monoisotopic (exact) mass is 378 g/mol. The summed E-state index contributed by atoms with van der Waals surface area (Å²) in [6.07, 6.45) is 0. The van der Waals surface area contributed by atoms with E-state index in [-0.39, 0.29) is 36.4 Å². The van der Waals surface area contributed by atoms with Crippen LogP contribution in [0.3, 0.4) is 0 Å². The van der Waals surface area contributed by atoms with E-state index < -0.39 is 0 Å². The lowest BCUT2D eigenvalue weighted by Gasteiger charge is -2.49. The number of carbonyl (C=O) groups is 2. The van der Waals surface area contributed by atoms with Gasteiger partial charge in [-0.1, -0.05) is 55.8 Å². The minimum absolute atomic E-state index is 0.00233. The van der Waals surface area contributed by atoms with Gasteiger partial charge in [-0.25, -0.2) is 0 Å². The van der Waals surface area contributed by atoms with Crippen molar-refractivity contribution in [3.63, 3.8) is 0 Å². The highest BCUT2D eigenvalue weighted by Gasteiger charge is 2.44. The van der Waals surface area contributed by atoms with Gasteiger partial charge in [0.2, 0.25) is 5.91 Å². The number of aryl methyl sites for hydroxylation is 1. The van der Waals surface area contributed by atoms with Crippen LogP contribution in [0.25, 0.3) is 0 Å². The Hall–Kier alpha value is -2.82. The SMILES string of the molecule is Cc1ccc(OCC(=O)N2CC(=O)N3CC(C)(C)c4ccccc4C3C2)cc1. The average molecular weight is 378 g/mol. The Kier molecular flexibility index (Phi) is 4.61. The summed E-state index contributed by atoms with van der Waals surface area (Å²) in [5.74, 6) is 0.507. The lowest BCUT2D eigenvalue weighted by atomic mass is 9.75. The maximum atomic E-state index is 12.8. The van der Waals surface area contributed by atoms with E-state index in [0.29, 0.717) is 18.8 Å². The Bertz CT molecular complexity index is 904. The summed E-state index contributed by atoms with van der Waals surface area (Å²) in [6.45, 7) is 7.58. The molecule has 2 aromatic rings. The third kappa shape index (κ3) is 3.37.